The molecule has 0 bridgehead atoms. The van der Waals surface area contributed by atoms with Gasteiger partial charge in [0, 0.05) is 17.4 Å². The molecule has 1 aliphatic carbocycles. The molecule has 0 saturated carbocycles. The number of anilines is 2. The molecular formula is C21H18F3N5O2S. The molecule has 0 radical (unpaired) electrons. The molecule has 2 atom stereocenters. The quantitative estimate of drug-likeness (QED) is 0.559. The smallest absolute Gasteiger partial charge is 0.410 e. The summed E-state index contributed by atoms with van der Waals surface area (Å²) < 4.78 is 47.4. The lowest BCUT2D eigenvalue weighted by atomic mass is 9.96. The van der Waals surface area contributed by atoms with Crippen LogP contribution < -0.4 is 10.6 Å². The first-order chi connectivity index (χ1) is 15.3. The molecule has 3 aromatic heterocycles. The van der Waals surface area contributed by atoms with Crippen LogP contribution in [0.2, 0.25) is 0 Å². The number of fused-ring (bicyclic) bond motifs is 2. The fraction of sp³-hybridized carbons (Fsp3) is 0.381. The molecule has 0 spiro atoms. The largest absolute Gasteiger partial charge is 0.467 e. The van der Waals surface area contributed by atoms with E-state index in [1.165, 1.54) is 23.7 Å². The van der Waals surface area contributed by atoms with E-state index in [4.69, 9.17) is 4.42 Å². The predicted octanol–water partition coefficient (Wildman–Crippen LogP) is 5.20. The van der Waals surface area contributed by atoms with Crippen molar-refractivity contribution in [2.45, 2.75) is 50.4 Å². The van der Waals surface area contributed by atoms with Crippen LogP contribution in [0.1, 0.15) is 63.6 Å². The molecule has 7 nitrogen and oxygen atoms in total. The lowest BCUT2D eigenvalue weighted by molar-refractivity contribution is -0.174. The van der Waals surface area contributed by atoms with Crippen LogP contribution >= 0.6 is 11.3 Å². The molecule has 4 heterocycles. The number of nitrogens with zero attached hydrogens (tertiary/aromatic N) is 3. The maximum absolute atomic E-state index is 13.8. The number of halogens is 3. The maximum Gasteiger partial charge on any atom is 0.410 e. The van der Waals surface area contributed by atoms with Gasteiger partial charge in [-0.2, -0.15) is 23.5 Å². The summed E-state index contributed by atoms with van der Waals surface area (Å²) in [4.78, 5) is 13.9. The molecule has 166 valence electrons. The molecule has 5 rings (SSSR count). The zero-order valence-corrected chi connectivity index (χ0v) is 17.5. The van der Waals surface area contributed by atoms with E-state index in [2.05, 4.69) is 21.8 Å². The first-order valence-corrected chi connectivity index (χ1v) is 11.0. The van der Waals surface area contributed by atoms with Crippen molar-refractivity contribution in [3.63, 3.8) is 0 Å². The minimum absolute atomic E-state index is 0.0797. The Balaban J connectivity index is 1.45. The van der Waals surface area contributed by atoms with Crippen molar-refractivity contribution in [1.29, 1.82) is 5.26 Å². The number of hydrogen-bond donors (Lipinski definition) is 2. The van der Waals surface area contributed by atoms with Gasteiger partial charge in [-0.1, -0.05) is 0 Å². The fourth-order valence-corrected chi connectivity index (χ4v) is 5.53. The van der Waals surface area contributed by atoms with Crippen LogP contribution in [0.4, 0.5) is 24.0 Å². The molecule has 0 aromatic carbocycles. The Labute approximate surface area is 184 Å². The van der Waals surface area contributed by atoms with Gasteiger partial charge in [-0.3, -0.25) is 4.79 Å². The number of amides is 1. The van der Waals surface area contributed by atoms with E-state index >= 15 is 0 Å². The van der Waals surface area contributed by atoms with Crippen molar-refractivity contribution in [3.8, 4) is 6.07 Å². The Bertz CT molecular complexity index is 1210. The van der Waals surface area contributed by atoms with Gasteiger partial charge >= 0.3 is 6.18 Å². The molecule has 2 N–H and O–H groups in total. The average Bonchev–Trinajstić information content (AvgIpc) is 3.49. The van der Waals surface area contributed by atoms with Crippen molar-refractivity contribution >= 4 is 28.1 Å². The molecular weight excluding hydrogens is 443 g/mol. The van der Waals surface area contributed by atoms with Gasteiger partial charge < -0.3 is 15.1 Å². The van der Waals surface area contributed by atoms with Gasteiger partial charge in [0.25, 0.3) is 5.91 Å². The monoisotopic (exact) mass is 461 g/mol. The normalized spacial score (nSPS) is 20.1. The van der Waals surface area contributed by atoms with Gasteiger partial charge in [-0.05, 0) is 43.4 Å². The summed E-state index contributed by atoms with van der Waals surface area (Å²) in [7, 11) is 0. The van der Waals surface area contributed by atoms with E-state index in [1.807, 2.05) is 0 Å². The number of carbonyl (C=O) groups is 1. The Morgan fingerprint density at radius 3 is 2.91 bits per heavy atom. The Hall–Kier alpha value is -3.26. The van der Waals surface area contributed by atoms with E-state index in [0.29, 0.717) is 16.3 Å². The summed E-state index contributed by atoms with van der Waals surface area (Å²) in [6.45, 7) is 0. The van der Waals surface area contributed by atoms with Crippen LogP contribution in [-0.4, -0.2) is 21.9 Å². The van der Waals surface area contributed by atoms with E-state index in [0.717, 1.165) is 40.8 Å². The van der Waals surface area contributed by atoms with Gasteiger partial charge in [0.1, 0.15) is 22.6 Å². The first kappa shape index (κ1) is 20.6. The molecule has 0 unspecified atom stereocenters. The van der Waals surface area contributed by atoms with Gasteiger partial charge in [0.05, 0.1) is 17.9 Å². The zero-order chi connectivity index (χ0) is 22.5. The summed E-state index contributed by atoms with van der Waals surface area (Å²) >= 11 is 1.35. The third kappa shape index (κ3) is 3.54. The topological polar surface area (TPSA) is 95.9 Å². The Kier molecular flexibility index (Phi) is 4.97. The zero-order valence-electron chi connectivity index (χ0n) is 16.7. The lowest BCUT2D eigenvalue weighted by Gasteiger charge is -2.32. The number of nitrogens with one attached hydrogen (secondary N) is 2. The molecule has 11 heteroatoms. The van der Waals surface area contributed by atoms with E-state index < -0.39 is 24.2 Å². The van der Waals surface area contributed by atoms with Gasteiger partial charge in [0.15, 0.2) is 11.7 Å². The molecule has 1 aliphatic heterocycles. The standard InChI is InChI=1S/C21H18F3N5O2S/c22-21(23,24)17-8-13(15-5-3-7-31-15)26-18-9-14(28-29(17)18)19(30)27-20-12(10-25)11-4-1-2-6-16(11)32-20/h3,5,7,9,13,17,26H,1-2,4,6,8H2,(H,27,30)/t13-,17-/m1/s1. The maximum atomic E-state index is 13.8. The number of aryl methyl sites for hydroxylation is 1. The van der Waals surface area contributed by atoms with E-state index in [1.54, 1.807) is 12.1 Å². The second-order valence-electron chi connectivity index (χ2n) is 7.85. The number of furan rings is 1. The van der Waals surface area contributed by atoms with Crippen LogP contribution in [0.3, 0.4) is 0 Å². The SMILES string of the molecule is N#Cc1c(NC(=O)c2cc3n(n2)[C@@H](C(F)(F)F)C[C@H](c2ccco2)N3)sc2c1CCCC2. The summed E-state index contributed by atoms with van der Waals surface area (Å²) in [5, 5.41) is 19.6. The number of rotatable bonds is 3. The highest BCUT2D eigenvalue weighted by atomic mass is 32.1. The second-order valence-corrected chi connectivity index (χ2v) is 8.95. The van der Waals surface area contributed by atoms with Gasteiger partial charge in [-0.15, -0.1) is 11.3 Å². The number of hydrogen-bond acceptors (Lipinski definition) is 6. The number of thiophene rings is 1. The van der Waals surface area contributed by atoms with E-state index in [-0.39, 0.29) is 17.9 Å². The van der Waals surface area contributed by atoms with Crippen molar-refractivity contribution < 1.29 is 22.4 Å². The highest BCUT2D eigenvalue weighted by Gasteiger charge is 2.47. The predicted molar refractivity (Wildman–Crippen MR) is 111 cm³/mol. The molecule has 32 heavy (non-hydrogen) atoms. The fourth-order valence-electron chi connectivity index (χ4n) is 4.30. The van der Waals surface area contributed by atoms with Crippen molar-refractivity contribution in [1.82, 2.24) is 9.78 Å². The highest BCUT2D eigenvalue weighted by molar-refractivity contribution is 7.16. The van der Waals surface area contributed by atoms with E-state index in [9.17, 15) is 23.2 Å². The molecule has 3 aromatic rings. The number of carbonyl (C=O) groups excluding carboxylic acids is 1. The highest BCUT2D eigenvalue weighted by Crippen LogP contribution is 2.44. The first-order valence-electron chi connectivity index (χ1n) is 10.2. The minimum atomic E-state index is -4.55. The van der Waals surface area contributed by atoms with Crippen LogP contribution in [-0.2, 0) is 12.8 Å². The Morgan fingerprint density at radius 1 is 1.38 bits per heavy atom. The number of nitriles is 1. The Morgan fingerprint density at radius 2 is 2.19 bits per heavy atom. The van der Waals surface area contributed by atoms with Gasteiger partial charge in [-0.25, -0.2) is 4.68 Å². The number of aromatic nitrogens is 2. The number of alkyl halides is 3. The summed E-state index contributed by atoms with van der Waals surface area (Å²) in [5.41, 5.74) is 1.24. The summed E-state index contributed by atoms with van der Waals surface area (Å²) in [6, 6.07) is 4.06. The van der Waals surface area contributed by atoms with Gasteiger partial charge in [0.2, 0.25) is 0 Å². The second kappa shape index (κ2) is 7.70. The summed E-state index contributed by atoms with van der Waals surface area (Å²) in [6.07, 6.45) is 0.189. The minimum Gasteiger partial charge on any atom is -0.467 e. The third-order valence-electron chi connectivity index (χ3n) is 5.82. The molecule has 2 aliphatic rings. The molecule has 0 fully saturated rings. The molecule has 1 amide bonds. The van der Waals surface area contributed by atoms with Crippen molar-refractivity contribution in [3.05, 3.63) is 51.9 Å². The van der Waals surface area contributed by atoms with Crippen LogP contribution in [0, 0.1) is 11.3 Å². The molecule has 0 saturated heterocycles. The van der Waals surface area contributed by atoms with Crippen molar-refractivity contribution in [2.24, 2.45) is 0 Å². The summed E-state index contributed by atoms with van der Waals surface area (Å²) in [5.74, 6) is -0.198. The lowest BCUT2D eigenvalue weighted by Crippen LogP contribution is -2.35. The third-order valence-corrected chi connectivity index (χ3v) is 7.03. The van der Waals surface area contributed by atoms with Crippen LogP contribution in [0.15, 0.2) is 28.9 Å². The van der Waals surface area contributed by atoms with Crippen molar-refractivity contribution in [2.75, 3.05) is 10.6 Å². The average molecular weight is 461 g/mol. The van der Waals surface area contributed by atoms with Crippen LogP contribution in [0.25, 0.3) is 0 Å². The van der Waals surface area contributed by atoms with Crippen LogP contribution in [0.5, 0.6) is 0 Å².